The lowest BCUT2D eigenvalue weighted by Crippen LogP contribution is -2.21. The van der Waals surface area contributed by atoms with Gasteiger partial charge < -0.3 is 29.0 Å². The minimum atomic E-state index is -4.62. The van der Waals surface area contributed by atoms with Gasteiger partial charge in [0.25, 0.3) is 5.91 Å². The van der Waals surface area contributed by atoms with Gasteiger partial charge in [-0.15, -0.1) is 0 Å². The first-order chi connectivity index (χ1) is 16.2. The van der Waals surface area contributed by atoms with Crippen molar-refractivity contribution in [2.75, 3.05) is 46.5 Å². The molecule has 1 N–H and O–H groups in total. The number of methoxy groups -OCH3 is 3. The molecule has 0 saturated carbocycles. The van der Waals surface area contributed by atoms with E-state index in [-0.39, 0.29) is 24.7 Å². The zero-order chi connectivity index (χ0) is 25.1. The van der Waals surface area contributed by atoms with Crippen LogP contribution in [0.25, 0.3) is 6.08 Å². The molecule has 0 spiro atoms. The van der Waals surface area contributed by atoms with Crippen LogP contribution in [0.4, 0.5) is 18.9 Å². The molecule has 184 valence electrons. The van der Waals surface area contributed by atoms with Crippen LogP contribution >= 0.6 is 0 Å². The van der Waals surface area contributed by atoms with Crippen molar-refractivity contribution < 1.29 is 46.4 Å². The summed E-state index contributed by atoms with van der Waals surface area (Å²) >= 11 is 0. The van der Waals surface area contributed by atoms with Gasteiger partial charge in [0.1, 0.15) is 12.4 Å². The zero-order valence-corrected chi connectivity index (χ0v) is 18.7. The first-order valence-corrected chi connectivity index (χ1v) is 9.87. The Labute approximate surface area is 194 Å². The number of hydrogen-bond donors (Lipinski definition) is 1. The Balaban J connectivity index is 2.00. The van der Waals surface area contributed by atoms with Gasteiger partial charge in [0.15, 0.2) is 18.1 Å². The summed E-state index contributed by atoms with van der Waals surface area (Å²) in [5, 5.41) is 2.27. The normalized spacial score (nSPS) is 11.2. The number of ether oxygens (including phenoxy) is 5. The molecule has 34 heavy (non-hydrogen) atoms. The smallest absolute Gasteiger partial charge is 0.416 e. The SMILES string of the molecule is COCCOc1ccc(C(F)(F)F)cc1NC(=O)COC(=O)/C=C/c1ccc(OC)c(OC)c1. The molecule has 1 amide bonds. The molecule has 0 aliphatic carbocycles. The highest BCUT2D eigenvalue weighted by atomic mass is 19.4. The van der Waals surface area contributed by atoms with Crippen molar-refractivity contribution in [2.45, 2.75) is 6.18 Å². The highest BCUT2D eigenvalue weighted by Crippen LogP contribution is 2.35. The van der Waals surface area contributed by atoms with Gasteiger partial charge in [-0.25, -0.2) is 4.79 Å². The fraction of sp³-hybridized carbons (Fsp3) is 0.304. The zero-order valence-electron chi connectivity index (χ0n) is 18.7. The van der Waals surface area contributed by atoms with Crippen molar-refractivity contribution in [1.82, 2.24) is 0 Å². The molecule has 8 nitrogen and oxygen atoms in total. The van der Waals surface area contributed by atoms with Gasteiger partial charge in [-0.05, 0) is 42.0 Å². The summed E-state index contributed by atoms with van der Waals surface area (Å²) in [5.74, 6) is -0.687. The van der Waals surface area contributed by atoms with Crippen molar-refractivity contribution in [1.29, 1.82) is 0 Å². The Morgan fingerprint density at radius 1 is 0.941 bits per heavy atom. The van der Waals surface area contributed by atoms with E-state index >= 15 is 0 Å². The van der Waals surface area contributed by atoms with E-state index in [1.54, 1.807) is 18.2 Å². The lowest BCUT2D eigenvalue weighted by molar-refractivity contribution is -0.142. The number of nitrogens with one attached hydrogen (secondary N) is 1. The first kappa shape index (κ1) is 26.5. The quantitative estimate of drug-likeness (QED) is 0.294. The van der Waals surface area contributed by atoms with Gasteiger partial charge in [-0.1, -0.05) is 6.07 Å². The standard InChI is InChI=1S/C23H24F3NO7/c1-30-10-11-33-18-8-6-16(23(24,25)26)13-17(18)27-21(28)14-34-22(29)9-5-15-4-7-19(31-2)20(12-15)32-3/h4-9,12-13H,10-11,14H2,1-3H3,(H,27,28)/b9-5+. The first-order valence-electron chi connectivity index (χ1n) is 9.87. The largest absolute Gasteiger partial charge is 0.493 e. The summed E-state index contributed by atoms with van der Waals surface area (Å²) in [7, 11) is 4.40. The summed E-state index contributed by atoms with van der Waals surface area (Å²) in [6.07, 6.45) is -2.08. The maximum atomic E-state index is 13.0. The summed E-state index contributed by atoms with van der Waals surface area (Å²) in [5.41, 5.74) is -0.578. The fourth-order valence-corrected chi connectivity index (χ4v) is 2.66. The number of halogens is 3. The van der Waals surface area contributed by atoms with Crippen LogP contribution in [-0.4, -0.2) is 53.0 Å². The minimum absolute atomic E-state index is 0.0121. The second-order valence-electron chi connectivity index (χ2n) is 6.65. The van der Waals surface area contributed by atoms with Crippen LogP contribution in [-0.2, 0) is 25.2 Å². The molecule has 0 saturated heterocycles. The van der Waals surface area contributed by atoms with Crippen LogP contribution in [0.3, 0.4) is 0 Å². The van der Waals surface area contributed by atoms with E-state index in [4.69, 9.17) is 23.7 Å². The van der Waals surface area contributed by atoms with Crippen molar-refractivity contribution in [3.63, 3.8) is 0 Å². The summed E-state index contributed by atoms with van der Waals surface area (Å²) < 4.78 is 64.5. The van der Waals surface area contributed by atoms with E-state index in [0.717, 1.165) is 24.3 Å². The van der Waals surface area contributed by atoms with Crippen molar-refractivity contribution in [3.05, 3.63) is 53.6 Å². The fourth-order valence-electron chi connectivity index (χ4n) is 2.66. The van der Waals surface area contributed by atoms with E-state index < -0.39 is 30.2 Å². The van der Waals surface area contributed by atoms with Gasteiger partial charge in [0.2, 0.25) is 0 Å². The third-order valence-corrected chi connectivity index (χ3v) is 4.29. The number of carbonyl (C=O) groups is 2. The molecule has 11 heteroatoms. The average molecular weight is 483 g/mol. The molecular formula is C23H24F3NO7. The Kier molecular flexibility index (Phi) is 9.75. The summed E-state index contributed by atoms with van der Waals surface area (Å²) in [4.78, 5) is 24.1. The molecule has 0 bridgehead atoms. The lowest BCUT2D eigenvalue weighted by atomic mass is 10.1. The van der Waals surface area contributed by atoms with Gasteiger partial charge in [-0.2, -0.15) is 13.2 Å². The Morgan fingerprint density at radius 3 is 2.29 bits per heavy atom. The number of hydrogen-bond acceptors (Lipinski definition) is 7. The molecule has 2 aromatic rings. The third-order valence-electron chi connectivity index (χ3n) is 4.29. The summed E-state index contributed by atoms with van der Waals surface area (Å²) in [6.45, 7) is -0.470. The second kappa shape index (κ2) is 12.5. The molecule has 0 atom stereocenters. The highest BCUT2D eigenvalue weighted by Gasteiger charge is 2.31. The Morgan fingerprint density at radius 2 is 1.65 bits per heavy atom. The predicted octanol–water partition coefficient (Wildman–Crippen LogP) is 3.94. The monoisotopic (exact) mass is 483 g/mol. The number of carbonyl (C=O) groups excluding carboxylic acids is 2. The Hall–Kier alpha value is -3.73. The molecule has 0 aliphatic heterocycles. The van der Waals surface area contributed by atoms with Crippen LogP contribution in [0.2, 0.25) is 0 Å². The topological polar surface area (TPSA) is 92.3 Å². The maximum Gasteiger partial charge on any atom is 0.416 e. The highest BCUT2D eigenvalue weighted by molar-refractivity contribution is 5.95. The maximum absolute atomic E-state index is 13.0. The molecule has 0 radical (unpaired) electrons. The van der Waals surface area contributed by atoms with Gasteiger partial charge in [-0.3, -0.25) is 4.79 Å². The van der Waals surface area contributed by atoms with Gasteiger partial charge >= 0.3 is 12.1 Å². The van der Waals surface area contributed by atoms with Crippen molar-refractivity contribution >= 4 is 23.6 Å². The molecule has 2 aromatic carbocycles. The molecule has 0 unspecified atom stereocenters. The molecule has 0 aromatic heterocycles. The van der Waals surface area contributed by atoms with E-state index in [2.05, 4.69) is 5.32 Å². The number of anilines is 1. The number of alkyl halides is 3. The molecule has 2 rings (SSSR count). The van der Waals surface area contributed by atoms with E-state index in [1.165, 1.54) is 27.4 Å². The van der Waals surface area contributed by atoms with Gasteiger partial charge in [0, 0.05) is 13.2 Å². The van der Waals surface area contributed by atoms with Crippen LogP contribution in [0, 0.1) is 0 Å². The number of benzene rings is 2. The number of amides is 1. The molecule has 0 fully saturated rings. The van der Waals surface area contributed by atoms with Crippen LogP contribution in [0.5, 0.6) is 17.2 Å². The van der Waals surface area contributed by atoms with Crippen LogP contribution in [0.1, 0.15) is 11.1 Å². The second-order valence-corrected chi connectivity index (χ2v) is 6.65. The molecule has 0 heterocycles. The molecular weight excluding hydrogens is 459 g/mol. The average Bonchev–Trinajstić information content (AvgIpc) is 2.81. The minimum Gasteiger partial charge on any atom is -0.493 e. The van der Waals surface area contributed by atoms with E-state index in [0.29, 0.717) is 17.1 Å². The number of rotatable bonds is 11. The van der Waals surface area contributed by atoms with Crippen molar-refractivity contribution in [3.8, 4) is 17.2 Å². The van der Waals surface area contributed by atoms with Crippen LogP contribution in [0.15, 0.2) is 42.5 Å². The van der Waals surface area contributed by atoms with Crippen molar-refractivity contribution in [2.24, 2.45) is 0 Å². The summed E-state index contributed by atoms with van der Waals surface area (Å²) in [6, 6.07) is 7.62. The Bertz CT molecular complexity index is 1020. The van der Waals surface area contributed by atoms with Gasteiger partial charge in [0.05, 0.1) is 32.1 Å². The van der Waals surface area contributed by atoms with E-state index in [9.17, 15) is 22.8 Å². The van der Waals surface area contributed by atoms with Crippen LogP contribution < -0.4 is 19.5 Å². The molecule has 0 aliphatic rings. The van der Waals surface area contributed by atoms with E-state index in [1.807, 2.05) is 0 Å². The predicted molar refractivity (Wildman–Crippen MR) is 117 cm³/mol. The lowest BCUT2D eigenvalue weighted by Gasteiger charge is -2.15. The number of esters is 1. The third kappa shape index (κ3) is 8.00.